The van der Waals surface area contributed by atoms with E-state index in [2.05, 4.69) is 10.1 Å². The van der Waals surface area contributed by atoms with Crippen molar-refractivity contribution < 1.29 is 14.7 Å². The van der Waals surface area contributed by atoms with E-state index in [0.29, 0.717) is 18.7 Å². The molecule has 2 aromatic heterocycles. The van der Waals surface area contributed by atoms with Crippen LogP contribution in [-0.2, 0) is 11.3 Å². The first-order chi connectivity index (χ1) is 12.6. The van der Waals surface area contributed by atoms with Crippen LogP contribution in [0, 0.1) is 0 Å². The Morgan fingerprint density at radius 2 is 2.15 bits per heavy atom. The fourth-order valence-electron chi connectivity index (χ4n) is 3.72. The highest BCUT2D eigenvalue weighted by molar-refractivity contribution is 5.98. The third kappa shape index (κ3) is 3.08. The Hall–Kier alpha value is -3.09. The number of aromatic nitrogens is 3. The number of aromatic amines is 1. The van der Waals surface area contributed by atoms with Crippen LogP contribution in [0.5, 0.6) is 0 Å². The number of H-pyrrole nitrogens is 1. The molecule has 3 heterocycles. The van der Waals surface area contributed by atoms with Crippen molar-refractivity contribution in [2.24, 2.45) is 0 Å². The molecule has 1 unspecified atom stereocenters. The van der Waals surface area contributed by atoms with E-state index in [0.717, 1.165) is 29.4 Å². The summed E-state index contributed by atoms with van der Waals surface area (Å²) in [6.45, 7) is 1.13. The van der Waals surface area contributed by atoms with E-state index in [1.54, 1.807) is 6.20 Å². The minimum absolute atomic E-state index is 0.00972. The van der Waals surface area contributed by atoms with Crippen LogP contribution in [0.2, 0.25) is 0 Å². The number of rotatable bonds is 4. The number of carbonyl (C=O) groups is 2. The molecule has 4 rings (SSSR count). The lowest BCUT2D eigenvalue weighted by atomic mass is 9.94. The van der Waals surface area contributed by atoms with Crippen LogP contribution < -0.4 is 0 Å². The molecule has 1 aliphatic heterocycles. The summed E-state index contributed by atoms with van der Waals surface area (Å²) >= 11 is 0. The van der Waals surface area contributed by atoms with Gasteiger partial charge in [0.1, 0.15) is 6.54 Å². The minimum Gasteiger partial charge on any atom is -0.480 e. The van der Waals surface area contributed by atoms with E-state index in [1.807, 2.05) is 41.4 Å². The third-order valence-electron chi connectivity index (χ3n) is 4.96. The number of carboxylic acids is 1. The molecule has 0 bridgehead atoms. The molecular formula is C19H20N4O3. The minimum atomic E-state index is -0.919. The lowest BCUT2D eigenvalue weighted by Crippen LogP contribution is -2.39. The Kier molecular flexibility index (Phi) is 4.20. The predicted octanol–water partition coefficient (Wildman–Crippen LogP) is 2.47. The average Bonchev–Trinajstić information content (AvgIpc) is 3.29. The molecule has 1 atom stereocenters. The molecule has 7 nitrogen and oxygen atoms in total. The number of benzene rings is 1. The molecule has 1 fully saturated rings. The first kappa shape index (κ1) is 16.4. The number of nitrogens with zero attached hydrogens (tertiary/aromatic N) is 3. The molecule has 0 spiro atoms. The lowest BCUT2D eigenvalue weighted by molar-refractivity contribution is -0.137. The van der Waals surface area contributed by atoms with Gasteiger partial charge in [-0.1, -0.05) is 6.07 Å². The Morgan fingerprint density at radius 3 is 3.00 bits per heavy atom. The molecule has 0 saturated carbocycles. The summed E-state index contributed by atoms with van der Waals surface area (Å²) in [4.78, 5) is 28.9. The summed E-state index contributed by atoms with van der Waals surface area (Å²) < 4.78 is 1.52. The number of fused-ring (bicyclic) bond motifs is 1. The van der Waals surface area contributed by atoms with Crippen molar-refractivity contribution in [3.63, 3.8) is 0 Å². The van der Waals surface area contributed by atoms with Gasteiger partial charge in [-0.05, 0) is 42.5 Å². The number of hydrogen-bond acceptors (Lipinski definition) is 3. The number of hydrogen-bond donors (Lipinski definition) is 2. The highest BCUT2D eigenvalue weighted by Gasteiger charge is 2.28. The van der Waals surface area contributed by atoms with Crippen molar-refractivity contribution in [3.8, 4) is 0 Å². The molecule has 0 aliphatic carbocycles. The van der Waals surface area contributed by atoms with Crippen molar-refractivity contribution in [3.05, 3.63) is 54.0 Å². The fraction of sp³-hybridized carbons (Fsp3) is 0.316. The van der Waals surface area contributed by atoms with Gasteiger partial charge in [-0.15, -0.1) is 0 Å². The number of nitrogens with one attached hydrogen (secondary N) is 1. The van der Waals surface area contributed by atoms with Gasteiger partial charge in [0.05, 0.1) is 0 Å². The molecule has 134 valence electrons. The smallest absolute Gasteiger partial charge is 0.325 e. The molecule has 2 N–H and O–H groups in total. The summed E-state index contributed by atoms with van der Waals surface area (Å²) in [5.41, 5.74) is 2.49. The van der Waals surface area contributed by atoms with Crippen LogP contribution in [0.4, 0.5) is 0 Å². The molecule has 7 heteroatoms. The first-order valence-electron chi connectivity index (χ1n) is 8.72. The number of carbonyl (C=O) groups excluding carboxylic acids is 1. The van der Waals surface area contributed by atoms with E-state index >= 15 is 0 Å². The number of likely N-dealkylation sites (tertiary alicyclic amines) is 1. The Morgan fingerprint density at radius 1 is 1.27 bits per heavy atom. The molecule has 0 radical (unpaired) electrons. The number of carboxylic acid groups (broad SMARTS) is 1. The Balaban J connectivity index is 1.53. The second kappa shape index (κ2) is 6.67. The second-order valence-corrected chi connectivity index (χ2v) is 6.68. The normalized spacial score (nSPS) is 17.5. The van der Waals surface area contributed by atoms with E-state index in [4.69, 9.17) is 5.11 Å². The van der Waals surface area contributed by atoms with Crippen LogP contribution in [0.1, 0.15) is 34.8 Å². The first-order valence-corrected chi connectivity index (χ1v) is 8.72. The van der Waals surface area contributed by atoms with Gasteiger partial charge in [-0.25, -0.2) is 0 Å². The largest absolute Gasteiger partial charge is 0.480 e. The van der Waals surface area contributed by atoms with Gasteiger partial charge >= 0.3 is 5.97 Å². The number of amides is 1. The van der Waals surface area contributed by atoms with Gasteiger partial charge in [0, 0.05) is 48.2 Å². The number of piperidine rings is 1. The van der Waals surface area contributed by atoms with E-state index in [-0.39, 0.29) is 18.4 Å². The monoisotopic (exact) mass is 352 g/mol. The van der Waals surface area contributed by atoms with E-state index in [1.165, 1.54) is 4.68 Å². The zero-order valence-corrected chi connectivity index (χ0v) is 14.3. The summed E-state index contributed by atoms with van der Waals surface area (Å²) in [5, 5.41) is 14.2. The SMILES string of the molecule is O=C(O)Cn1nccc1C1CCCN(C(=O)c2ccc3cc[nH]c3c2)C1. The van der Waals surface area contributed by atoms with Gasteiger partial charge in [-0.3, -0.25) is 14.3 Å². The summed E-state index contributed by atoms with van der Waals surface area (Å²) in [5.74, 6) is -0.808. The predicted molar refractivity (Wildman–Crippen MR) is 96.0 cm³/mol. The quantitative estimate of drug-likeness (QED) is 0.755. The maximum absolute atomic E-state index is 12.9. The topological polar surface area (TPSA) is 91.2 Å². The van der Waals surface area contributed by atoms with Gasteiger partial charge in [0.15, 0.2) is 0 Å². The standard InChI is InChI=1S/C19H20N4O3/c24-18(25)12-23-17(6-8-21-23)15-2-1-9-22(11-15)19(26)14-4-3-13-5-7-20-16(13)10-14/h3-8,10,15,20H,1-2,9,11-12H2,(H,24,25). The maximum Gasteiger partial charge on any atom is 0.325 e. The van der Waals surface area contributed by atoms with Gasteiger partial charge in [0.2, 0.25) is 0 Å². The summed E-state index contributed by atoms with van der Waals surface area (Å²) in [6, 6.07) is 9.52. The fourth-order valence-corrected chi connectivity index (χ4v) is 3.72. The van der Waals surface area contributed by atoms with E-state index in [9.17, 15) is 9.59 Å². The van der Waals surface area contributed by atoms with Crippen molar-refractivity contribution in [2.75, 3.05) is 13.1 Å². The molecule has 1 amide bonds. The Bertz CT molecular complexity index is 959. The van der Waals surface area contributed by atoms with Crippen LogP contribution in [0.15, 0.2) is 42.7 Å². The molecule has 1 aromatic carbocycles. The maximum atomic E-state index is 12.9. The van der Waals surface area contributed by atoms with Gasteiger partial charge < -0.3 is 15.0 Å². The van der Waals surface area contributed by atoms with Crippen LogP contribution >= 0.6 is 0 Å². The zero-order valence-electron chi connectivity index (χ0n) is 14.3. The third-order valence-corrected chi connectivity index (χ3v) is 4.96. The molecule has 3 aromatic rings. The van der Waals surface area contributed by atoms with Crippen LogP contribution in [0.25, 0.3) is 10.9 Å². The average molecular weight is 352 g/mol. The van der Waals surface area contributed by atoms with E-state index < -0.39 is 5.97 Å². The van der Waals surface area contributed by atoms with Gasteiger partial charge in [-0.2, -0.15) is 5.10 Å². The molecule has 1 saturated heterocycles. The van der Waals surface area contributed by atoms with Crippen molar-refractivity contribution in [1.29, 1.82) is 0 Å². The van der Waals surface area contributed by atoms with Crippen molar-refractivity contribution >= 4 is 22.8 Å². The summed E-state index contributed by atoms with van der Waals surface area (Å²) in [7, 11) is 0. The molecular weight excluding hydrogens is 332 g/mol. The van der Waals surface area contributed by atoms with Crippen LogP contribution in [-0.4, -0.2) is 49.7 Å². The second-order valence-electron chi connectivity index (χ2n) is 6.68. The molecule has 1 aliphatic rings. The molecule has 26 heavy (non-hydrogen) atoms. The number of aliphatic carboxylic acids is 1. The van der Waals surface area contributed by atoms with Crippen molar-refractivity contribution in [1.82, 2.24) is 19.7 Å². The Labute approximate surface area is 150 Å². The highest BCUT2D eigenvalue weighted by atomic mass is 16.4. The van der Waals surface area contributed by atoms with Crippen LogP contribution in [0.3, 0.4) is 0 Å². The van der Waals surface area contributed by atoms with Gasteiger partial charge in [0.25, 0.3) is 5.91 Å². The highest BCUT2D eigenvalue weighted by Crippen LogP contribution is 2.28. The zero-order chi connectivity index (χ0) is 18.1. The summed E-state index contributed by atoms with van der Waals surface area (Å²) in [6.07, 6.45) is 5.29. The van der Waals surface area contributed by atoms with Crippen molar-refractivity contribution in [2.45, 2.75) is 25.3 Å². The lowest BCUT2D eigenvalue weighted by Gasteiger charge is -2.33.